The highest BCUT2D eigenvalue weighted by atomic mass is 31.3. The summed E-state index contributed by atoms with van der Waals surface area (Å²) in [6, 6.07) is 0. The van der Waals surface area contributed by atoms with Crippen LogP contribution in [0, 0.1) is 0 Å². The molecule has 0 aromatic carbocycles. The molecule has 2 aliphatic heterocycles. The monoisotopic (exact) mass is 516 g/mol. The van der Waals surface area contributed by atoms with Gasteiger partial charge in [0.05, 0.1) is 6.61 Å². The van der Waals surface area contributed by atoms with Crippen LogP contribution in [0.3, 0.4) is 0 Å². The minimum Gasteiger partial charge on any atom is -0.387 e. The zero-order chi connectivity index (χ0) is 23.8. The van der Waals surface area contributed by atoms with Crippen LogP contribution in [-0.2, 0) is 36.4 Å². The number of nitrogens with one attached hydrogen (secondary N) is 1. The van der Waals surface area contributed by atoms with Crippen molar-refractivity contribution in [2.45, 2.75) is 24.1 Å². The first-order valence-electron chi connectivity index (χ1n) is 7.81. The molecule has 0 saturated carbocycles. The Hall–Kier alpha value is -1.06. The average Bonchev–Trinajstić information content (AvgIpc) is 2.82. The number of amides is 1. The quantitative estimate of drug-likeness (QED) is 0.213. The van der Waals surface area contributed by atoms with E-state index in [1.807, 2.05) is 0 Å². The zero-order valence-electron chi connectivity index (χ0n) is 15.1. The van der Waals surface area contributed by atoms with Gasteiger partial charge in [0, 0.05) is 12.3 Å². The molecule has 2 unspecified atom stereocenters. The second-order valence-corrected chi connectivity index (χ2v) is 10.5. The maximum atomic E-state index is 14.6. The summed E-state index contributed by atoms with van der Waals surface area (Å²) in [5, 5.41) is 12.3. The van der Waals surface area contributed by atoms with Gasteiger partial charge in [-0.15, -0.1) is 0 Å². The van der Waals surface area contributed by atoms with E-state index in [9.17, 15) is 37.3 Å². The lowest BCUT2D eigenvalue weighted by Gasteiger charge is -2.33. The zero-order valence-corrected chi connectivity index (χ0v) is 17.7. The van der Waals surface area contributed by atoms with Crippen LogP contribution in [0.2, 0.25) is 0 Å². The SMILES string of the molecule is C=C1NC(=O)C=CN1[C@@H]1O[C@](CF)(COP(=O)(O)OP(=O)(O)OP(=O)(O)O)[C@@H](O)[C@@H]1F. The normalized spacial score (nSPS) is 33.1. The number of carbonyl (C=O) groups is 1. The summed E-state index contributed by atoms with van der Waals surface area (Å²) in [5.74, 6) is -0.811. The maximum Gasteiger partial charge on any atom is 0.490 e. The number of halogens is 2. The van der Waals surface area contributed by atoms with Gasteiger partial charge in [-0.1, -0.05) is 6.58 Å². The van der Waals surface area contributed by atoms with E-state index in [4.69, 9.17) is 19.4 Å². The molecule has 6 atom stereocenters. The third kappa shape index (κ3) is 6.48. The molecule has 1 fully saturated rings. The number of nitrogens with zero attached hydrogens (tertiary/aromatic N) is 1. The molecule has 31 heavy (non-hydrogen) atoms. The number of rotatable bonds is 9. The van der Waals surface area contributed by atoms with Crippen molar-refractivity contribution in [2.75, 3.05) is 13.3 Å². The molecule has 178 valence electrons. The van der Waals surface area contributed by atoms with Gasteiger partial charge in [0.15, 0.2) is 18.0 Å². The predicted octanol–water partition coefficient (Wildman–Crippen LogP) is -0.490. The topological polar surface area (TPSA) is 222 Å². The molecule has 1 amide bonds. The summed E-state index contributed by atoms with van der Waals surface area (Å²) >= 11 is 0. The lowest BCUT2D eigenvalue weighted by atomic mass is 9.98. The van der Waals surface area contributed by atoms with Gasteiger partial charge in [0.25, 0.3) is 5.91 Å². The largest absolute Gasteiger partial charge is 0.490 e. The van der Waals surface area contributed by atoms with Crippen molar-refractivity contribution < 1.29 is 69.8 Å². The molecule has 20 heteroatoms. The molecular weight excluding hydrogens is 499 g/mol. The molecule has 6 N–H and O–H groups in total. The first kappa shape index (κ1) is 26.2. The fourth-order valence-corrected chi connectivity index (χ4v) is 5.60. The van der Waals surface area contributed by atoms with Crippen LogP contribution in [0.5, 0.6) is 0 Å². The van der Waals surface area contributed by atoms with Crippen LogP contribution in [0.4, 0.5) is 8.78 Å². The lowest BCUT2D eigenvalue weighted by Crippen LogP contribution is -2.48. The number of carbonyl (C=O) groups excluding carboxylic acids is 1. The smallest absolute Gasteiger partial charge is 0.387 e. The van der Waals surface area contributed by atoms with Crippen molar-refractivity contribution in [3.8, 4) is 0 Å². The molecule has 2 aliphatic rings. The number of hydrogen-bond donors (Lipinski definition) is 6. The van der Waals surface area contributed by atoms with Crippen molar-refractivity contribution in [3.05, 3.63) is 24.7 Å². The van der Waals surface area contributed by atoms with E-state index >= 15 is 0 Å². The summed E-state index contributed by atoms with van der Waals surface area (Å²) < 4.78 is 78.4. The molecule has 0 aliphatic carbocycles. The van der Waals surface area contributed by atoms with Crippen molar-refractivity contribution in [3.63, 3.8) is 0 Å². The molecule has 1 saturated heterocycles. The van der Waals surface area contributed by atoms with Crippen molar-refractivity contribution in [1.29, 1.82) is 0 Å². The molecular formula is C11H17F2N2O13P3. The van der Waals surface area contributed by atoms with Gasteiger partial charge in [-0.25, -0.2) is 22.5 Å². The molecule has 2 heterocycles. The second-order valence-electron chi connectivity index (χ2n) is 6.12. The Balaban J connectivity index is 2.15. The Morgan fingerprint density at radius 2 is 1.84 bits per heavy atom. The van der Waals surface area contributed by atoms with E-state index in [1.54, 1.807) is 0 Å². The van der Waals surface area contributed by atoms with Crippen LogP contribution >= 0.6 is 23.5 Å². The van der Waals surface area contributed by atoms with Crippen molar-refractivity contribution in [1.82, 2.24) is 10.2 Å². The van der Waals surface area contributed by atoms with Crippen LogP contribution in [0.1, 0.15) is 0 Å². The number of phosphoric ester groups is 1. The van der Waals surface area contributed by atoms with E-state index in [-0.39, 0.29) is 5.82 Å². The first-order chi connectivity index (χ1) is 14.0. The maximum absolute atomic E-state index is 14.6. The standard InChI is InChI=1S/C11H17F2N2O13P3/c1-6-14-7(16)2-3-15(6)10-8(13)9(17)11(4-12,26-10)5-25-30(21,22)28-31(23,24)27-29(18,19)20/h2-3,8-10,17H,1,4-5H2,(H,14,16)(H,21,22)(H,23,24)(H2,18,19,20)/t8-,9-,10+,11+/m0/s1. The van der Waals surface area contributed by atoms with Gasteiger partial charge < -0.3 is 39.6 Å². The Bertz CT molecular complexity index is 911. The molecule has 0 radical (unpaired) electrons. The van der Waals surface area contributed by atoms with Crippen LogP contribution in [0.25, 0.3) is 0 Å². The van der Waals surface area contributed by atoms with Crippen molar-refractivity contribution >= 4 is 29.4 Å². The molecule has 0 spiro atoms. The Morgan fingerprint density at radius 3 is 2.35 bits per heavy atom. The van der Waals surface area contributed by atoms with Gasteiger partial charge in [-0.3, -0.25) is 9.32 Å². The molecule has 0 aromatic rings. The highest BCUT2D eigenvalue weighted by Crippen LogP contribution is 2.66. The van der Waals surface area contributed by atoms with Crippen LogP contribution < -0.4 is 5.32 Å². The highest BCUT2D eigenvalue weighted by Gasteiger charge is 2.58. The summed E-state index contributed by atoms with van der Waals surface area (Å²) in [4.78, 5) is 47.6. The van der Waals surface area contributed by atoms with Gasteiger partial charge >= 0.3 is 23.5 Å². The van der Waals surface area contributed by atoms with E-state index < -0.39 is 66.8 Å². The summed E-state index contributed by atoms with van der Waals surface area (Å²) in [6.07, 6.45) is -4.50. The predicted molar refractivity (Wildman–Crippen MR) is 92.6 cm³/mol. The van der Waals surface area contributed by atoms with Gasteiger partial charge in [-0.2, -0.15) is 8.62 Å². The number of phosphoric acid groups is 3. The molecule has 2 rings (SSSR count). The fourth-order valence-electron chi connectivity index (χ4n) is 2.52. The minimum atomic E-state index is -5.84. The number of alkyl halides is 2. The van der Waals surface area contributed by atoms with Crippen molar-refractivity contribution in [2.24, 2.45) is 0 Å². The van der Waals surface area contributed by atoms with E-state index in [1.165, 1.54) is 0 Å². The third-order valence-corrected chi connectivity index (χ3v) is 7.61. The average molecular weight is 516 g/mol. The third-order valence-electron chi connectivity index (χ3n) is 3.82. The van der Waals surface area contributed by atoms with Gasteiger partial charge in [0.1, 0.15) is 18.6 Å². The van der Waals surface area contributed by atoms with E-state index in [0.29, 0.717) is 0 Å². The Labute approximate surface area is 172 Å². The lowest BCUT2D eigenvalue weighted by molar-refractivity contribution is -0.143. The summed E-state index contributed by atoms with van der Waals surface area (Å²) in [6.45, 7) is 0.301. The molecule has 0 bridgehead atoms. The van der Waals surface area contributed by atoms with Gasteiger partial charge in [0.2, 0.25) is 0 Å². The van der Waals surface area contributed by atoms with E-state index in [0.717, 1.165) is 17.2 Å². The van der Waals surface area contributed by atoms with Crippen LogP contribution in [-0.4, -0.2) is 72.9 Å². The van der Waals surface area contributed by atoms with Crippen LogP contribution in [0.15, 0.2) is 24.7 Å². The fraction of sp³-hybridized carbons (Fsp3) is 0.545. The summed E-state index contributed by atoms with van der Waals surface area (Å²) in [5.41, 5.74) is -2.63. The number of aliphatic hydroxyl groups is 1. The number of hydrogen-bond acceptors (Lipinski definition) is 10. The molecule has 0 aromatic heterocycles. The first-order valence-corrected chi connectivity index (χ1v) is 12.3. The summed E-state index contributed by atoms with van der Waals surface area (Å²) in [7, 11) is -17.2. The Morgan fingerprint density at radius 1 is 1.23 bits per heavy atom. The number of ether oxygens (including phenoxy) is 1. The second kappa shape index (κ2) is 9.06. The van der Waals surface area contributed by atoms with Gasteiger partial charge in [-0.05, 0) is 0 Å². The van der Waals surface area contributed by atoms with E-state index in [2.05, 4.69) is 25.0 Å². The highest BCUT2D eigenvalue weighted by molar-refractivity contribution is 7.66. The minimum absolute atomic E-state index is 0.199. The molecule has 15 nitrogen and oxygen atoms in total. The Kier molecular flexibility index (Phi) is 7.65. The number of aliphatic hydroxyl groups excluding tert-OH is 1.